The molecule has 2 aliphatic heterocycles. The summed E-state index contributed by atoms with van der Waals surface area (Å²) in [6.07, 6.45) is 7.95. The van der Waals surface area contributed by atoms with Crippen LogP contribution in [0.25, 0.3) is 0 Å². The van der Waals surface area contributed by atoms with Crippen LogP contribution in [0.1, 0.15) is 62.5 Å². The molecule has 1 aromatic carbocycles. The van der Waals surface area contributed by atoms with E-state index in [0.717, 1.165) is 32.5 Å². The molecule has 0 radical (unpaired) electrons. The maximum Gasteiger partial charge on any atom is 0.324 e. The molecule has 0 bridgehead atoms. The lowest BCUT2D eigenvalue weighted by atomic mass is 9.77. The van der Waals surface area contributed by atoms with Crippen molar-refractivity contribution in [3.05, 3.63) is 35.4 Å². The van der Waals surface area contributed by atoms with Crippen LogP contribution < -0.4 is 10.6 Å². The Hall–Kier alpha value is -2.41. The molecule has 0 aromatic heterocycles. The topological polar surface area (TPSA) is 81.8 Å². The number of likely N-dealkylation sites (tertiary alicyclic amines) is 1. The number of amides is 4. The fourth-order valence-electron chi connectivity index (χ4n) is 5.54. The van der Waals surface area contributed by atoms with E-state index in [1.54, 1.807) is 0 Å². The second-order valence-electron chi connectivity index (χ2n) is 9.78. The van der Waals surface area contributed by atoms with E-state index in [1.807, 2.05) is 0 Å². The van der Waals surface area contributed by atoms with Crippen molar-refractivity contribution in [3.8, 4) is 0 Å². The number of hydrogen-bond donors (Lipinski definition) is 2. The average molecular weight is 441 g/mol. The minimum atomic E-state index is -0.353. The predicted octanol–water partition coefficient (Wildman–Crippen LogP) is 2.72. The Kier molecular flexibility index (Phi) is 7.13. The molecule has 2 N–H and O–H groups in total. The van der Waals surface area contributed by atoms with Gasteiger partial charge in [-0.25, -0.2) is 4.79 Å². The van der Waals surface area contributed by atoms with E-state index in [4.69, 9.17) is 0 Å². The number of nitrogens with one attached hydrogen (secondary N) is 2. The minimum absolute atomic E-state index is 0.0161. The SMILES string of the molecule is Cc1ccc(C2(CN3CCC(NC(=O)CCCN4C(=O)CNC4=O)CC3)CCCC2)cc1. The van der Waals surface area contributed by atoms with Crippen LogP contribution in [0, 0.1) is 6.92 Å². The number of benzene rings is 1. The summed E-state index contributed by atoms with van der Waals surface area (Å²) in [6, 6.07) is 9.00. The Labute approximate surface area is 190 Å². The van der Waals surface area contributed by atoms with Gasteiger partial charge in [0, 0.05) is 44.1 Å². The number of hydrogen-bond acceptors (Lipinski definition) is 4. The zero-order valence-electron chi connectivity index (χ0n) is 19.2. The molecule has 2 heterocycles. The first-order chi connectivity index (χ1) is 15.4. The van der Waals surface area contributed by atoms with Gasteiger partial charge in [-0.2, -0.15) is 0 Å². The molecule has 0 spiro atoms. The zero-order valence-corrected chi connectivity index (χ0v) is 19.2. The summed E-state index contributed by atoms with van der Waals surface area (Å²) < 4.78 is 0. The largest absolute Gasteiger partial charge is 0.353 e. The van der Waals surface area contributed by atoms with Gasteiger partial charge in [0.1, 0.15) is 0 Å². The number of urea groups is 1. The summed E-state index contributed by atoms with van der Waals surface area (Å²) in [7, 11) is 0. The fraction of sp³-hybridized carbons (Fsp3) is 0.640. The van der Waals surface area contributed by atoms with Crippen molar-refractivity contribution < 1.29 is 14.4 Å². The van der Waals surface area contributed by atoms with Gasteiger partial charge >= 0.3 is 6.03 Å². The minimum Gasteiger partial charge on any atom is -0.353 e. The molecule has 4 amide bonds. The van der Waals surface area contributed by atoms with Crippen LogP contribution in [-0.4, -0.2) is 66.4 Å². The molecule has 1 aromatic rings. The van der Waals surface area contributed by atoms with Gasteiger partial charge in [0.25, 0.3) is 0 Å². The van der Waals surface area contributed by atoms with Gasteiger partial charge in [0.2, 0.25) is 11.8 Å². The lowest BCUT2D eigenvalue weighted by molar-refractivity contribution is -0.126. The molecule has 7 nitrogen and oxygen atoms in total. The number of carbonyl (C=O) groups is 3. The van der Waals surface area contributed by atoms with Crippen LogP contribution >= 0.6 is 0 Å². The number of aryl methyl sites for hydroxylation is 1. The third-order valence-electron chi connectivity index (χ3n) is 7.43. The summed E-state index contributed by atoms with van der Waals surface area (Å²) in [6.45, 7) is 5.66. The maximum atomic E-state index is 12.3. The van der Waals surface area contributed by atoms with Crippen molar-refractivity contribution in [2.45, 2.75) is 69.7 Å². The van der Waals surface area contributed by atoms with Crippen molar-refractivity contribution in [2.75, 3.05) is 32.7 Å². The summed E-state index contributed by atoms with van der Waals surface area (Å²) in [5.41, 5.74) is 3.08. The Balaban J connectivity index is 1.21. The van der Waals surface area contributed by atoms with Gasteiger partial charge in [-0.1, -0.05) is 42.7 Å². The molecule has 1 aliphatic carbocycles. The zero-order chi connectivity index (χ0) is 22.6. The Morgan fingerprint density at radius 1 is 1.12 bits per heavy atom. The highest BCUT2D eigenvalue weighted by atomic mass is 16.2. The van der Waals surface area contributed by atoms with Gasteiger partial charge in [-0.3, -0.25) is 14.5 Å². The van der Waals surface area contributed by atoms with Gasteiger partial charge in [-0.05, 0) is 44.6 Å². The van der Waals surface area contributed by atoms with Gasteiger partial charge < -0.3 is 15.5 Å². The normalized spacial score (nSPS) is 21.7. The molecular weight excluding hydrogens is 404 g/mol. The summed E-state index contributed by atoms with van der Waals surface area (Å²) >= 11 is 0. The second kappa shape index (κ2) is 10.0. The van der Waals surface area contributed by atoms with E-state index in [9.17, 15) is 14.4 Å². The molecule has 2 saturated heterocycles. The van der Waals surface area contributed by atoms with E-state index >= 15 is 0 Å². The van der Waals surface area contributed by atoms with Gasteiger partial charge in [0.05, 0.1) is 6.54 Å². The lowest BCUT2D eigenvalue weighted by Gasteiger charge is -2.39. The molecular formula is C25H36N4O3. The predicted molar refractivity (Wildman–Crippen MR) is 123 cm³/mol. The van der Waals surface area contributed by atoms with E-state index in [0.29, 0.717) is 19.4 Å². The van der Waals surface area contributed by atoms with Crippen molar-refractivity contribution in [1.82, 2.24) is 20.4 Å². The molecule has 32 heavy (non-hydrogen) atoms. The highest BCUT2D eigenvalue weighted by Crippen LogP contribution is 2.42. The van der Waals surface area contributed by atoms with Crippen molar-refractivity contribution >= 4 is 17.8 Å². The van der Waals surface area contributed by atoms with Crippen LogP contribution in [0.2, 0.25) is 0 Å². The molecule has 4 rings (SSSR count). The standard InChI is InChI=1S/C25H36N4O3/c1-19-6-8-20(9-7-19)25(12-2-3-13-25)18-28-15-10-21(11-16-28)27-22(30)5-4-14-29-23(31)17-26-24(29)32/h6-9,21H,2-5,10-18H2,1H3,(H,26,32)(H,27,30). The third kappa shape index (κ3) is 5.31. The molecule has 3 fully saturated rings. The molecule has 174 valence electrons. The number of rotatable bonds is 8. The van der Waals surface area contributed by atoms with Crippen molar-refractivity contribution in [1.29, 1.82) is 0 Å². The lowest BCUT2D eigenvalue weighted by Crippen LogP contribution is -2.48. The molecule has 0 unspecified atom stereocenters. The first-order valence-corrected chi connectivity index (χ1v) is 12.1. The number of piperidine rings is 1. The number of imide groups is 1. The van der Waals surface area contributed by atoms with Crippen LogP contribution in [0.3, 0.4) is 0 Å². The highest BCUT2D eigenvalue weighted by Gasteiger charge is 2.38. The summed E-state index contributed by atoms with van der Waals surface area (Å²) in [5, 5.41) is 5.66. The summed E-state index contributed by atoms with van der Waals surface area (Å²) in [5.74, 6) is -0.198. The molecule has 3 aliphatic rings. The van der Waals surface area contributed by atoms with Gasteiger partial charge in [-0.15, -0.1) is 0 Å². The third-order valence-corrected chi connectivity index (χ3v) is 7.43. The first kappa shape index (κ1) is 22.8. The maximum absolute atomic E-state index is 12.3. The van der Waals surface area contributed by atoms with E-state index in [-0.39, 0.29) is 35.8 Å². The van der Waals surface area contributed by atoms with E-state index in [2.05, 4.69) is 46.7 Å². The first-order valence-electron chi connectivity index (χ1n) is 12.1. The van der Waals surface area contributed by atoms with Crippen LogP contribution in [0.5, 0.6) is 0 Å². The Morgan fingerprint density at radius 2 is 1.81 bits per heavy atom. The molecule has 0 atom stereocenters. The Morgan fingerprint density at radius 3 is 2.44 bits per heavy atom. The van der Waals surface area contributed by atoms with Crippen molar-refractivity contribution in [3.63, 3.8) is 0 Å². The smallest absolute Gasteiger partial charge is 0.324 e. The van der Waals surface area contributed by atoms with Gasteiger partial charge in [0.15, 0.2) is 0 Å². The molecule has 1 saturated carbocycles. The van der Waals surface area contributed by atoms with E-state index in [1.165, 1.54) is 41.7 Å². The summed E-state index contributed by atoms with van der Waals surface area (Å²) in [4.78, 5) is 39.3. The monoisotopic (exact) mass is 440 g/mol. The second-order valence-corrected chi connectivity index (χ2v) is 9.78. The fourth-order valence-corrected chi connectivity index (χ4v) is 5.54. The van der Waals surface area contributed by atoms with E-state index < -0.39 is 0 Å². The number of carbonyl (C=O) groups excluding carboxylic acids is 3. The highest BCUT2D eigenvalue weighted by molar-refractivity contribution is 6.01. The van der Waals surface area contributed by atoms with Crippen LogP contribution in [0.15, 0.2) is 24.3 Å². The average Bonchev–Trinajstić information content (AvgIpc) is 3.38. The van der Waals surface area contributed by atoms with Crippen molar-refractivity contribution in [2.24, 2.45) is 0 Å². The number of nitrogens with zero attached hydrogens (tertiary/aromatic N) is 2. The Bertz CT molecular complexity index is 808. The quantitative estimate of drug-likeness (QED) is 0.609. The molecule has 7 heteroatoms. The van der Waals surface area contributed by atoms with Crippen LogP contribution in [0.4, 0.5) is 4.79 Å². The van der Waals surface area contributed by atoms with Crippen LogP contribution in [-0.2, 0) is 15.0 Å².